The quantitative estimate of drug-likeness (QED) is 0.402. The maximum atomic E-state index is 12.7. The van der Waals surface area contributed by atoms with Crippen LogP contribution in [0.1, 0.15) is 39.3 Å². The third-order valence-corrected chi connectivity index (χ3v) is 6.19. The molecule has 5 nitrogen and oxygen atoms in total. The third kappa shape index (κ3) is 4.52. The molecule has 0 aliphatic carbocycles. The van der Waals surface area contributed by atoms with Gasteiger partial charge in [-0.3, -0.25) is 9.48 Å². The van der Waals surface area contributed by atoms with Crippen LogP contribution in [0.3, 0.4) is 0 Å². The molecule has 0 saturated carbocycles. The highest BCUT2D eigenvalue weighted by molar-refractivity contribution is 6.31. The van der Waals surface area contributed by atoms with Gasteiger partial charge in [-0.2, -0.15) is 5.10 Å². The predicted molar refractivity (Wildman–Crippen MR) is 126 cm³/mol. The van der Waals surface area contributed by atoms with Gasteiger partial charge in [0.15, 0.2) is 0 Å². The molecule has 0 atom stereocenters. The molecule has 6 heteroatoms. The highest BCUT2D eigenvalue weighted by Gasteiger charge is 2.14. The molecular weight excluding hydrogens is 408 g/mol. The Morgan fingerprint density at radius 3 is 2.58 bits per heavy atom. The molecule has 160 valence electrons. The molecule has 0 radical (unpaired) electrons. The van der Waals surface area contributed by atoms with Crippen molar-refractivity contribution in [1.29, 1.82) is 0 Å². The van der Waals surface area contributed by atoms with E-state index < -0.39 is 0 Å². The fraction of sp³-hybridized carbons (Fsp3) is 0.280. The molecule has 2 aromatic carbocycles. The lowest BCUT2D eigenvalue weighted by atomic mass is 10.1. The lowest BCUT2D eigenvalue weighted by molar-refractivity contribution is 0.0952. The van der Waals surface area contributed by atoms with Crippen LogP contribution in [0, 0.1) is 20.8 Å². The molecule has 1 amide bonds. The van der Waals surface area contributed by atoms with E-state index in [0.29, 0.717) is 23.7 Å². The average Bonchev–Trinajstić information content (AvgIpc) is 3.22. The number of aryl methyl sites for hydroxylation is 3. The number of amides is 1. The summed E-state index contributed by atoms with van der Waals surface area (Å²) in [6.07, 6.45) is 2.61. The lowest BCUT2D eigenvalue weighted by Gasteiger charge is -2.09. The Kier molecular flexibility index (Phi) is 6.14. The van der Waals surface area contributed by atoms with Crippen LogP contribution in [0.4, 0.5) is 0 Å². The zero-order valence-corrected chi connectivity index (χ0v) is 18.9. The molecule has 0 spiro atoms. The van der Waals surface area contributed by atoms with Gasteiger partial charge in [-0.05, 0) is 56.5 Å². The molecule has 31 heavy (non-hydrogen) atoms. The normalized spacial score (nSPS) is 11.2. The summed E-state index contributed by atoms with van der Waals surface area (Å²) in [5.74, 6) is -0.0514. The minimum Gasteiger partial charge on any atom is -0.352 e. The number of halogens is 1. The van der Waals surface area contributed by atoms with Crippen molar-refractivity contribution in [3.8, 4) is 0 Å². The van der Waals surface area contributed by atoms with Crippen LogP contribution in [0.25, 0.3) is 10.9 Å². The van der Waals surface area contributed by atoms with E-state index in [0.717, 1.165) is 29.6 Å². The Labute approximate surface area is 187 Å². The van der Waals surface area contributed by atoms with Crippen LogP contribution in [0.5, 0.6) is 0 Å². The van der Waals surface area contributed by atoms with Crippen molar-refractivity contribution in [3.63, 3.8) is 0 Å². The Hall–Kier alpha value is -3.05. The molecule has 0 aliphatic rings. The van der Waals surface area contributed by atoms with Gasteiger partial charge in [0, 0.05) is 48.0 Å². The second-order valence-electron chi connectivity index (χ2n) is 7.95. The van der Waals surface area contributed by atoms with E-state index in [4.69, 9.17) is 11.6 Å². The van der Waals surface area contributed by atoms with Gasteiger partial charge in [0.05, 0.1) is 10.7 Å². The van der Waals surface area contributed by atoms with Crippen molar-refractivity contribution in [2.24, 2.45) is 0 Å². The van der Waals surface area contributed by atoms with E-state index >= 15 is 0 Å². The molecule has 2 heterocycles. The Balaban J connectivity index is 1.44. The number of nitrogens with zero attached hydrogens (tertiary/aromatic N) is 3. The van der Waals surface area contributed by atoms with Gasteiger partial charge in [0.1, 0.15) is 0 Å². The molecule has 0 saturated heterocycles. The van der Waals surface area contributed by atoms with Gasteiger partial charge >= 0.3 is 0 Å². The number of fused-ring (bicyclic) bond motifs is 1. The number of nitrogens with one attached hydrogen (secondary N) is 1. The number of rotatable bonds is 7. The van der Waals surface area contributed by atoms with Gasteiger partial charge in [-0.1, -0.05) is 41.9 Å². The maximum absolute atomic E-state index is 12.7. The summed E-state index contributed by atoms with van der Waals surface area (Å²) in [6, 6.07) is 16.4. The molecule has 0 aliphatic heterocycles. The first kappa shape index (κ1) is 21.2. The summed E-state index contributed by atoms with van der Waals surface area (Å²) in [5, 5.41) is 9.15. The molecular formula is C25H27ClN4O. The zero-order chi connectivity index (χ0) is 22.0. The van der Waals surface area contributed by atoms with Crippen molar-refractivity contribution >= 4 is 28.4 Å². The number of aromatic nitrogens is 3. The number of hydrogen-bond acceptors (Lipinski definition) is 2. The topological polar surface area (TPSA) is 51.9 Å². The summed E-state index contributed by atoms with van der Waals surface area (Å²) in [7, 11) is 0. The molecule has 1 N–H and O–H groups in total. The molecule has 4 rings (SSSR count). The fourth-order valence-electron chi connectivity index (χ4n) is 3.91. The van der Waals surface area contributed by atoms with Gasteiger partial charge < -0.3 is 9.88 Å². The minimum absolute atomic E-state index is 0.0514. The highest BCUT2D eigenvalue weighted by Crippen LogP contribution is 2.27. The second kappa shape index (κ2) is 8.98. The number of carbonyl (C=O) groups excluding carboxylic acids is 1. The summed E-state index contributed by atoms with van der Waals surface area (Å²) in [4.78, 5) is 12.7. The molecule has 0 bridgehead atoms. The average molecular weight is 435 g/mol. The van der Waals surface area contributed by atoms with E-state index in [1.807, 2.05) is 36.0 Å². The summed E-state index contributed by atoms with van der Waals surface area (Å²) >= 11 is 6.04. The van der Waals surface area contributed by atoms with E-state index in [2.05, 4.69) is 59.2 Å². The van der Waals surface area contributed by atoms with E-state index in [9.17, 15) is 4.79 Å². The van der Waals surface area contributed by atoms with Crippen LogP contribution >= 0.6 is 11.6 Å². The van der Waals surface area contributed by atoms with Crippen molar-refractivity contribution in [3.05, 3.63) is 87.8 Å². The van der Waals surface area contributed by atoms with Gasteiger partial charge in [-0.25, -0.2) is 0 Å². The molecule has 4 aromatic rings. The van der Waals surface area contributed by atoms with E-state index in [1.54, 1.807) is 0 Å². The SMILES string of the molecule is Cc1nn(CCCNC(=O)c2ccc3c(c2)c(C)c(C)n3Cc2ccccc2)cc1Cl. The Morgan fingerprint density at radius 2 is 1.87 bits per heavy atom. The minimum atomic E-state index is -0.0514. The summed E-state index contributed by atoms with van der Waals surface area (Å²) in [6.45, 7) is 8.26. The molecule has 0 fully saturated rings. The maximum Gasteiger partial charge on any atom is 0.251 e. The van der Waals surface area contributed by atoms with Crippen LogP contribution < -0.4 is 5.32 Å². The largest absolute Gasteiger partial charge is 0.352 e. The van der Waals surface area contributed by atoms with Gasteiger partial charge in [0.25, 0.3) is 5.91 Å². The first-order valence-corrected chi connectivity index (χ1v) is 10.9. The molecule has 2 aromatic heterocycles. The zero-order valence-electron chi connectivity index (χ0n) is 18.2. The first-order chi connectivity index (χ1) is 14.9. The summed E-state index contributed by atoms with van der Waals surface area (Å²) < 4.78 is 4.14. The lowest BCUT2D eigenvalue weighted by Crippen LogP contribution is -2.25. The summed E-state index contributed by atoms with van der Waals surface area (Å²) in [5.41, 5.74) is 6.37. The smallest absolute Gasteiger partial charge is 0.251 e. The van der Waals surface area contributed by atoms with Gasteiger partial charge in [0.2, 0.25) is 0 Å². The van der Waals surface area contributed by atoms with E-state index in [1.165, 1.54) is 16.8 Å². The third-order valence-electron chi connectivity index (χ3n) is 5.82. The van der Waals surface area contributed by atoms with Crippen LogP contribution in [0.15, 0.2) is 54.7 Å². The van der Waals surface area contributed by atoms with Gasteiger partial charge in [-0.15, -0.1) is 0 Å². The van der Waals surface area contributed by atoms with Crippen LogP contribution in [-0.2, 0) is 13.1 Å². The van der Waals surface area contributed by atoms with Crippen molar-refractivity contribution in [2.75, 3.05) is 6.54 Å². The number of benzene rings is 2. The Bertz CT molecular complexity index is 1200. The standard InChI is InChI=1S/C25H27ClN4O/c1-17-19(3)30(15-20-8-5-4-6-9-20)24-11-10-21(14-22(17)24)25(31)27-12-7-13-29-16-23(26)18(2)28-29/h4-6,8-11,14,16H,7,12-13,15H2,1-3H3,(H,27,31). The first-order valence-electron chi connectivity index (χ1n) is 10.5. The highest BCUT2D eigenvalue weighted by atomic mass is 35.5. The van der Waals surface area contributed by atoms with Crippen molar-refractivity contribution in [2.45, 2.75) is 40.3 Å². The number of carbonyl (C=O) groups is 1. The predicted octanol–water partition coefficient (Wildman–Crippen LogP) is 5.28. The Morgan fingerprint density at radius 1 is 1.10 bits per heavy atom. The second-order valence-corrected chi connectivity index (χ2v) is 8.36. The van der Waals surface area contributed by atoms with Crippen LogP contribution in [0.2, 0.25) is 5.02 Å². The fourth-order valence-corrected chi connectivity index (χ4v) is 4.06. The molecule has 0 unspecified atom stereocenters. The van der Waals surface area contributed by atoms with Crippen molar-refractivity contribution in [1.82, 2.24) is 19.7 Å². The monoisotopic (exact) mass is 434 g/mol. The van der Waals surface area contributed by atoms with Crippen molar-refractivity contribution < 1.29 is 4.79 Å². The van der Waals surface area contributed by atoms with Crippen LogP contribution in [-0.4, -0.2) is 26.8 Å². The van der Waals surface area contributed by atoms with E-state index in [-0.39, 0.29) is 5.91 Å². The number of hydrogen-bond donors (Lipinski definition) is 1.